The molecule has 2 aromatic carbocycles. The molecule has 1 aromatic heterocycles. The number of nitrogens with zero attached hydrogens (tertiary/aromatic N) is 3. The van der Waals surface area contributed by atoms with Crippen molar-refractivity contribution >= 4 is 17.5 Å². The Labute approximate surface area is 174 Å². The molecule has 0 saturated heterocycles. The Morgan fingerprint density at radius 2 is 1.79 bits per heavy atom. The number of aromatic nitrogens is 3. The molecule has 0 radical (unpaired) electrons. The fourth-order valence-corrected chi connectivity index (χ4v) is 3.62. The number of nitrogen functional groups attached to an aromatic ring is 1. The van der Waals surface area contributed by atoms with Crippen molar-refractivity contribution in [3.05, 3.63) is 53.6 Å². The molecule has 0 fully saturated rings. The van der Waals surface area contributed by atoms with Gasteiger partial charge >= 0.3 is 0 Å². The monoisotopic (exact) mass is 412 g/mol. The second kappa shape index (κ2) is 9.47. The number of thioether (sulfide) groups is 1. The fourth-order valence-electron chi connectivity index (χ4n) is 2.79. The third kappa shape index (κ3) is 4.89. The van der Waals surface area contributed by atoms with E-state index in [-0.39, 0.29) is 5.78 Å². The van der Waals surface area contributed by atoms with Crippen molar-refractivity contribution in [2.24, 2.45) is 0 Å². The molecular formula is C21H24N4O3S. The van der Waals surface area contributed by atoms with Crippen LogP contribution in [0.3, 0.4) is 0 Å². The van der Waals surface area contributed by atoms with Crippen molar-refractivity contribution < 1.29 is 14.3 Å². The summed E-state index contributed by atoms with van der Waals surface area (Å²) in [5.74, 6) is 8.90. The van der Waals surface area contributed by atoms with Crippen LogP contribution in [0.5, 0.6) is 11.5 Å². The van der Waals surface area contributed by atoms with E-state index in [1.165, 1.54) is 16.4 Å². The van der Waals surface area contributed by atoms with Crippen LogP contribution >= 0.6 is 11.8 Å². The van der Waals surface area contributed by atoms with Gasteiger partial charge in [0.15, 0.2) is 11.6 Å². The standard InChI is InChI=1S/C21H24N4O3S/c1-4-27-18-9-6-15(7-10-18)20-23-24-21(25(20)22)29-13-17-12-16(14(3)26)8-11-19(17)28-5-2/h6-12H,4-5,13,22H2,1-3H3. The summed E-state index contributed by atoms with van der Waals surface area (Å²) >= 11 is 1.44. The van der Waals surface area contributed by atoms with E-state index in [4.69, 9.17) is 15.3 Å². The van der Waals surface area contributed by atoms with Crippen LogP contribution in [0.1, 0.15) is 36.7 Å². The SMILES string of the molecule is CCOc1ccc(-c2nnc(SCc3cc(C(C)=O)ccc3OCC)n2N)cc1. The van der Waals surface area contributed by atoms with Gasteiger partial charge in [0.1, 0.15) is 11.5 Å². The third-order valence-corrected chi connectivity index (χ3v) is 5.20. The predicted octanol–water partition coefficient (Wildman–Crippen LogP) is 3.95. The van der Waals surface area contributed by atoms with E-state index in [9.17, 15) is 4.79 Å². The molecule has 0 spiro atoms. The maximum Gasteiger partial charge on any atom is 0.210 e. The topological polar surface area (TPSA) is 92.3 Å². The first-order chi connectivity index (χ1) is 14.0. The van der Waals surface area contributed by atoms with Crippen molar-refractivity contribution in [2.75, 3.05) is 19.1 Å². The zero-order valence-electron chi connectivity index (χ0n) is 16.7. The number of benzene rings is 2. The van der Waals surface area contributed by atoms with Gasteiger partial charge in [-0.2, -0.15) is 0 Å². The molecule has 0 aliphatic heterocycles. The number of hydrogen-bond acceptors (Lipinski definition) is 7. The number of ether oxygens (including phenoxy) is 2. The normalized spacial score (nSPS) is 10.7. The van der Waals surface area contributed by atoms with Gasteiger partial charge in [-0.15, -0.1) is 10.2 Å². The Hall–Kier alpha value is -3.00. The lowest BCUT2D eigenvalue weighted by molar-refractivity contribution is 0.101. The summed E-state index contributed by atoms with van der Waals surface area (Å²) in [6, 6.07) is 13.0. The van der Waals surface area contributed by atoms with Crippen molar-refractivity contribution in [3.8, 4) is 22.9 Å². The molecule has 29 heavy (non-hydrogen) atoms. The van der Waals surface area contributed by atoms with Gasteiger partial charge in [-0.05, 0) is 63.2 Å². The van der Waals surface area contributed by atoms with Crippen molar-refractivity contribution in [2.45, 2.75) is 31.7 Å². The van der Waals surface area contributed by atoms with E-state index in [1.807, 2.05) is 50.2 Å². The number of ketones is 1. The number of carbonyl (C=O) groups is 1. The molecule has 2 N–H and O–H groups in total. The van der Waals surface area contributed by atoms with E-state index >= 15 is 0 Å². The lowest BCUT2D eigenvalue weighted by Gasteiger charge is -2.11. The van der Waals surface area contributed by atoms with Crippen molar-refractivity contribution in [3.63, 3.8) is 0 Å². The Kier molecular flexibility index (Phi) is 6.77. The molecule has 0 amide bonds. The van der Waals surface area contributed by atoms with E-state index in [1.54, 1.807) is 13.0 Å². The van der Waals surface area contributed by atoms with E-state index in [0.29, 0.717) is 35.5 Å². The molecule has 0 bridgehead atoms. The highest BCUT2D eigenvalue weighted by atomic mass is 32.2. The van der Waals surface area contributed by atoms with Gasteiger partial charge in [0, 0.05) is 22.4 Å². The second-order valence-corrected chi connectivity index (χ2v) is 7.18. The minimum atomic E-state index is 0.0130. The summed E-state index contributed by atoms with van der Waals surface area (Å²) in [6.45, 7) is 6.58. The van der Waals surface area contributed by atoms with E-state index < -0.39 is 0 Å². The summed E-state index contributed by atoms with van der Waals surface area (Å²) < 4.78 is 12.6. The molecule has 0 aliphatic carbocycles. The van der Waals surface area contributed by atoms with Gasteiger partial charge in [0.25, 0.3) is 0 Å². The van der Waals surface area contributed by atoms with Crippen LogP contribution in [0.15, 0.2) is 47.6 Å². The minimum absolute atomic E-state index is 0.0130. The molecule has 1 heterocycles. The zero-order valence-corrected chi connectivity index (χ0v) is 17.5. The molecule has 3 aromatic rings. The largest absolute Gasteiger partial charge is 0.494 e. The van der Waals surface area contributed by atoms with Gasteiger partial charge in [-0.25, -0.2) is 4.68 Å². The number of Topliss-reactive ketones (excluding diaryl/α,β-unsaturated/α-hetero) is 1. The van der Waals surface area contributed by atoms with Gasteiger partial charge in [0.2, 0.25) is 5.16 Å². The molecule has 0 atom stereocenters. The summed E-state index contributed by atoms with van der Waals surface area (Å²) in [7, 11) is 0. The highest BCUT2D eigenvalue weighted by molar-refractivity contribution is 7.98. The highest BCUT2D eigenvalue weighted by Gasteiger charge is 2.14. The predicted molar refractivity (Wildman–Crippen MR) is 114 cm³/mol. The van der Waals surface area contributed by atoms with Gasteiger partial charge in [-0.3, -0.25) is 4.79 Å². The molecular weight excluding hydrogens is 388 g/mol. The van der Waals surface area contributed by atoms with Crippen molar-refractivity contribution in [1.82, 2.24) is 14.9 Å². The zero-order chi connectivity index (χ0) is 20.8. The van der Waals surface area contributed by atoms with Crippen LogP contribution in [0.25, 0.3) is 11.4 Å². The van der Waals surface area contributed by atoms with Crippen molar-refractivity contribution in [1.29, 1.82) is 0 Å². The molecule has 0 aliphatic rings. The summed E-state index contributed by atoms with van der Waals surface area (Å²) in [5, 5.41) is 9.00. The average Bonchev–Trinajstić information content (AvgIpc) is 3.08. The maximum absolute atomic E-state index is 11.7. The van der Waals surface area contributed by atoms with Crippen LogP contribution in [0.4, 0.5) is 0 Å². The second-order valence-electron chi connectivity index (χ2n) is 6.23. The van der Waals surface area contributed by atoms with Crippen LogP contribution in [0, 0.1) is 0 Å². The maximum atomic E-state index is 11.7. The Morgan fingerprint density at radius 1 is 1.07 bits per heavy atom. The highest BCUT2D eigenvalue weighted by Crippen LogP contribution is 2.30. The molecule has 8 heteroatoms. The van der Waals surface area contributed by atoms with Crippen LogP contribution in [-0.2, 0) is 5.75 Å². The minimum Gasteiger partial charge on any atom is -0.494 e. The van der Waals surface area contributed by atoms with Crippen LogP contribution in [-0.4, -0.2) is 33.9 Å². The fraction of sp³-hybridized carbons (Fsp3) is 0.286. The molecule has 152 valence electrons. The smallest absolute Gasteiger partial charge is 0.210 e. The Morgan fingerprint density at radius 3 is 2.45 bits per heavy atom. The van der Waals surface area contributed by atoms with Gasteiger partial charge in [0.05, 0.1) is 13.2 Å². The van der Waals surface area contributed by atoms with E-state index in [2.05, 4.69) is 10.2 Å². The number of rotatable bonds is 9. The Balaban J connectivity index is 1.78. The van der Waals surface area contributed by atoms with Crippen LogP contribution < -0.4 is 15.3 Å². The first-order valence-electron chi connectivity index (χ1n) is 9.36. The average molecular weight is 413 g/mol. The lowest BCUT2D eigenvalue weighted by atomic mass is 10.1. The number of nitrogens with two attached hydrogens (primary N) is 1. The summed E-state index contributed by atoms with van der Waals surface area (Å²) in [6.07, 6.45) is 0. The first kappa shape index (κ1) is 20.7. The third-order valence-electron chi connectivity index (χ3n) is 4.21. The van der Waals surface area contributed by atoms with Gasteiger partial charge in [-0.1, -0.05) is 11.8 Å². The Bertz CT molecular complexity index is 986. The van der Waals surface area contributed by atoms with Gasteiger partial charge < -0.3 is 15.3 Å². The van der Waals surface area contributed by atoms with Crippen LogP contribution in [0.2, 0.25) is 0 Å². The first-order valence-corrected chi connectivity index (χ1v) is 10.3. The molecule has 0 unspecified atom stereocenters. The molecule has 0 saturated carbocycles. The summed E-state index contributed by atoms with van der Waals surface area (Å²) in [5.41, 5.74) is 2.41. The number of carbonyl (C=O) groups excluding carboxylic acids is 1. The number of hydrogen-bond donors (Lipinski definition) is 1. The van der Waals surface area contributed by atoms with E-state index in [0.717, 1.165) is 22.6 Å². The summed E-state index contributed by atoms with van der Waals surface area (Å²) in [4.78, 5) is 11.7. The quantitative estimate of drug-likeness (QED) is 0.323. The lowest BCUT2D eigenvalue weighted by Crippen LogP contribution is -2.11. The molecule has 7 nitrogen and oxygen atoms in total. The molecule has 3 rings (SSSR count).